The first-order chi connectivity index (χ1) is 31.7. The Bertz CT molecular complexity index is 3630. The van der Waals surface area contributed by atoms with Gasteiger partial charge in [-0.05, 0) is 120 Å². The molecule has 11 aromatic carbocycles. The second kappa shape index (κ2) is 15.8. The molecule has 1 heterocycles. The summed E-state index contributed by atoms with van der Waals surface area (Å²) >= 11 is 0. The molecule has 12 rings (SSSR count). The monoisotopic (exact) mass is 815 g/mol. The van der Waals surface area contributed by atoms with Crippen molar-refractivity contribution in [3.05, 3.63) is 249 Å². The summed E-state index contributed by atoms with van der Waals surface area (Å²) in [5.74, 6) is 0. The highest BCUT2D eigenvalue weighted by Gasteiger charge is 2.23. The summed E-state index contributed by atoms with van der Waals surface area (Å²) in [7, 11) is 0. The van der Waals surface area contributed by atoms with E-state index in [0.29, 0.717) is 0 Å². The first-order valence-electron chi connectivity index (χ1n) is 21.9. The van der Waals surface area contributed by atoms with Gasteiger partial charge >= 0.3 is 0 Å². The van der Waals surface area contributed by atoms with E-state index < -0.39 is 0 Å². The summed E-state index contributed by atoms with van der Waals surface area (Å²) in [4.78, 5) is 2.40. The summed E-state index contributed by atoms with van der Waals surface area (Å²) in [6.45, 7) is 0. The van der Waals surface area contributed by atoms with Crippen LogP contribution in [0.25, 0.3) is 99.1 Å². The third kappa shape index (κ3) is 6.61. The van der Waals surface area contributed by atoms with Gasteiger partial charge < -0.3 is 9.32 Å². The van der Waals surface area contributed by atoms with Crippen LogP contribution in [-0.4, -0.2) is 0 Å². The van der Waals surface area contributed by atoms with Crippen LogP contribution >= 0.6 is 0 Å². The van der Waals surface area contributed by atoms with Gasteiger partial charge in [0.1, 0.15) is 11.2 Å². The molecule has 300 valence electrons. The minimum atomic E-state index is 0.861. The quantitative estimate of drug-likeness (QED) is 0.142. The molecule has 0 saturated heterocycles. The summed E-state index contributed by atoms with van der Waals surface area (Å²) in [5, 5.41) is 7.06. The number of rotatable bonds is 8. The van der Waals surface area contributed by atoms with E-state index in [2.05, 4.69) is 254 Å². The van der Waals surface area contributed by atoms with Gasteiger partial charge in [0.25, 0.3) is 0 Å². The summed E-state index contributed by atoms with van der Waals surface area (Å²) in [6.07, 6.45) is 0. The molecule has 0 aliphatic rings. The van der Waals surface area contributed by atoms with Crippen LogP contribution in [0.15, 0.2) is 253 Å². The molecule has 0 atom stereocenters. The first-order valence-corrected chi connectivity index (χ1v) is 21.9. The van der Waals surface area contributed by atoms with Gasteiger partial charge in [-0.1, -0.05) is 200 Å². The molecule has 2 nitrogen and oxygen atoms in total. The van der Waals surface area contributed by atoms with E-state index in [1.165, 1.54) is 60.5 Å². The van der Waals surface area contributed by atoms with Crippen LogP contribution in [0.1, 0.15) is 0 Å². The number of hydrogen-bond acceptors (Lipinski definition) is 2. The Hall–Kier alpha value is -8.46. The number of fused-ring (bicyclic) bond motifs is 6. The Morgan fingerprint density at radius 3 is 1.53 bits per heavy atom. The van der Waals surface area contributed by atoms with E-state index >= 15 is 0 Å². The van der Waals surface area contributed by atoms with Crippen molar-refractivity contribution in [3.8, 4) is 55.6 Å². The molecule has 0 aliphatic carbocycles. The molecular formula is C62H41NO. The molecule has 64 heavy (non-hydrogen) atoms. The van der Waals surface area contributed by atoms with E-state index in [1.54, 1.807) is 0 Å². The number of anilines is 3. The van der Waals surface area contributed by atoms with Crippen LogP contribution in [0.4, 0.5) is 17.1 Å². The molecule has 0 unspecified atom stereocenters. The molecule has 1 aromatic heterocycles. The third-order valence-corrected chi connectivity index (χ3v) is 12.7. The Morgan fingerprint density at radius 2 is 0.781 bits per heavy atom. The zero-order valence-electron chi connectivity index (χ0n) is 35.0. The van der Waals surface area contributed by atoms with Crippen molar-refractivity contribution in [2.75, 3.05) is 4.90 Å². The van der Waals surface area contributed by atoms with Gasteiger partial charge in [-0.15, -0.1) is 0 Å². The Labute approximate surface area is 372 Å². The maximum absolute atomic E-state index is 6.88. The maximum Gasteiger partial charge on any atom is 0.145 e. The Balaban J connectivity index is 1.04. The normalized spacial score (nSPS) is 11.4. The number of furan rings is 1. The van der Waals surface area contributed by atoms with Crippen LogP contribution in [0.2, 0.25) is 0 Å². The predicted octanol–water partition coefficient (Wildman–Crippen LogP) is 17.7. The smallest absolute Gasteiger partial charge is 0.145 e. The van der Waals surface area contributed by atoms with E-state index in [9.17, 15) is 0 Å². The standard InChI is InChI=1S/C62H41NO/c1-4-14-42(15-5-1)44-24-26-48(27-25-44)56-38-39-59(61-57-22-12-13-23-60(57)64-62(56)61)63(52-35-37-55-50(40-52)29-28-46-20-10-11-21-53(46)55)51-33-30-47(31-34-51)54-36-32-49(43-16-6-2-7-17-43)41-58(54)45-18-8-3-9-19-45/h1-41H. The van der Waals surface area contributed by atoms with Crippen LogP contribution in [0.3, 0.4) is 0 Å². The van der Waals surface area contributed by atoms with Gasteiger partial charge in [-0.3, -0.25) is 0 Å². The second-order valence-electron chi connectivity index (χ2n) is 16.4. The van der Waals surface area contributed by atoms with Crippen molar-refractivity contribution in [2.24, 2.45) is 0 Å². The van der Waals surface area contributed by atoms with Crippen LogP contribution in [0.5, 0.6) is 0 Å². The lowest BCUT2D eigenvalue weighted by molar-refractivity contribution is 0.670. The molecule has 0 aliphatic heterocycles. The molecular weight excluding hydrogens is 775 g/mol. The van der Waals surface area contributed by atoms with Crippen LogP contribution < -0.4 is 4.90 Å². The molecule has 12 aromatic rings. The fraction of sp³-hybridized carbons (Fsp3) is 0. The summed E-state index contributed by atoms with van der Waals surface area (Å²) < 4.78 is 6.88. The number of hydrogen-bond donors (Lipinski definition) is 0. The lowest BCUT2D eigenvalue weighted by Gasteiger charge is -2.27. The maximum atomic E-state index is 6.88. The zero-order chi connectivity index (χ0) is 42.4. The Kier molecular flexibility index (Phi) is 9.20. The van der Waals surface area contributed by atoms with Crippen molar-refractivity contribution in [1.82, 2.24) is 0 Å². The molecule has 0 bridgehead atoms. The highest BCUT2D eigenvalue weighted by molar-refractivity contribution is 6.17. The van der Waals surface area contributed by atoms with E-state index in [1.807, 2.05) is 0 Å². The lowest BCUT2D eigenvalue weighted by Crippen LogP contribution is -2.10. The fourth-order valence-electron chi connectivity index (χ4n) is 9.52. The van der Waals surface area contributed by atoms with E-state index in [0.717, 1.165) is 55.7 Å². The highest BCUT2D eigenvalue weighted by Crippen LogP contribution is 2.47. The van der Waals surface area contributed by atoms with Crippen molar-refractivity contribution in [2.45, 2.75) is 0 Å². The fourth-order valence-corrected chi connectivity index (χ4v) is 9.52. The van der Waals surface area contributed by atoms with E-state index in [-0.39, 0.29) is 0 Å². The average molecular weight is 816 g/mol. The van der Waals surface area contributed by atoms with Gasteiger partial charge in [0.05, 0.1) is 11.1 Å². The Morgan fingerprint density at radius 1 is 0.281 bits per heavy atom. The topological polar surface area (TPSA) is 16.4 Å². The molecule has 2 heteroatoms. The second-order valence-corrected chi connectivity index (χ2v) is 16.4. The number of para-hydroxylation sites is 1. The minimum absolute atomic E-state index is 0.861. The van der Waals surface area contributed by atoms with E-state index in [4.69, 9.17) is 4.42 Å². The van der Waals surface area contributed by atoms with Crippen LogP contribution in [-0.2, 0) is 0 Å². The average Bonchev–Trinajstić information content (AvgIpc) is 3.77. The minimum Gasteiger partial charge on any atom is -0.455 e. The third-order valence-electron chi connectivity index (χ3n) is 12.7. The number of benzene rings is 11. The molecule has 0 fully saturated rings. The largest absolute Gasteiger partial charge is 0.455 e. The van der Waals surface area contributed by atoms with Gasteiger partial charge in [-0.2, -0.15) is 0 Å². The lowest BCUT2D eigenvalue weighted by atomic mass is 9.91. The molecule has 0 amide bonds. The predicted molar refractivity (Wildman–Crippen MR) is 271 cm³/mol. The number of nitrogens with zero attached hydrogens (tertiary/aromatic N) is 1. The first kappa shape index (κ1) is 37.3. The molecule has 0 N–H and O–H groups in total. The highest BCUT2D eigenvalue weighted by atomic mass is 16.3. The van der Waals surface area contributed by atoms with Crippen LogP contribution in [0, 0.1) is 0 Å². The molecule has 0 saturated carbocycles. The zero-order valence-corrected chi connectivity index (χ0v) is 35.0. The summed E-state index contributed by atoms with van der Waals surface area (Å²) in [5.41, 5.74) is 16.6. The van der Waals surface area contributed by atoms with Gasteiger partial charge in [-0.25, -0.2) is 0 Å². The van der Waals surface area contributed by atoms with Crippen molar-refractivity contribution >= 4 is 60.5 Å². The van der Waals surface area contributed by atoms with Crippen molar-refractivity contribution < 1.29 is 4.42 Å². The van der Waals surface area contributed by atoms with Gasteiger partial charge in [0, 0.05) is 22.3 Å². The van der Waals surface area contributed by atoms with Gasteiger partial charge in [0.15, 0.2) is 0 Å². The summed E-state index contributed by atoms with van der Waals surface area (Å²) in [6, 6.07) is 89.6. The van der Waals surface area contributed by atoms with Crippen molar-refractivity contribution in [3.63, 3.8) is 0 Å². The van der Waals surface area contributed by atoms with Crippen molar-refractivity contribution in [1.29, 1.82) is 0 Å². The molecule has 0 radical (unpaired) electrons. The van der Waals surface area contributed by atoms with Gasteiger partial charge in [0.2, 0.25) is 0 Å². The SMILES string of the molecule is c1ccc(-c2ccc(-c3ccc(N(c4ccc(-c5ccc(-c6ccccc6)cc5-c5ccccc5)cc4)c4ccc5c(ccc6ccccc65)c4)c4c3oc3ccccc34)cc2)cc1. The molecule has 0 spiro atoms.